The maximum atomic E-state index is 11.9. The largest absolute Gasteiger partial charge is 0.465 e. The second-order valence-corrected chi connectivity index (χ2v) is 4.48. The first-order valence-electron chi connectivity index (χ1n) is 6.12. The van der Waals surface area contributed by atoms with Gasteiger partial charge in [0.05, 0.1) is 18.2 Å². The average molecular weight is 285 g/mol. The Hall–Kier alpha value is -1.55. The molecule has 0 saturated carbocycles. The van der Waals surface area contributed by atoms with Gasteiger partial charge in [0.25, 0.3) is 0 Å². The zero-order chi connectivity index (χ0) is 14.3. The average Bonchev–Trinajstić information content (AvgIpc) is 2.44. The van der Waals surface area contributed by atoms with Gasteiger partial charge >= 0.3 is 11.9 Å². The Morgan fingerprint density at radius 3 is 2.32 bits per heavy atom. The second kappa shape index (κ2) is 7.79. The summed E-state index contributed by atoms with van der Waals surface area (Å²) >= 11 is 5.91. The smallest absolute Gasteiger partial charge is 0.340 e. The molecule has 0 aliphatic carbocycles. The molecule has 5 heteroatoms. The Bertz CT molecular complexity index is 445. The van der Waals surface area contributed by atoms with Crippen LogP contribution in [-0.4, -0.2) is 24.6 Å². The summed E-state index contributed by atoms with van der Waals surface area (Å²) in [6.07, 6.45) is 2.43. The first-order valence-corrected chi connectivity index (χ1v) is 6.56. The van der Waals surface area contributed by atoms with E-state index in [1.54, 1.807) is 12.1 Å². The molecule has 0 spiro atoms. The van der Waals surface area contributed by atoms with Crippen LogP contribution in [0.2, 0.25) is 0 Å². The summed E-state index contributed by atoms with van der Waals surface area (Å²) in [6, 6.07) is 6.33. The van der Waals surface area contributed by atoms with E-state index in [0.717, 1.165) is 12.8 Å². The number of benzene rings is 1. The van der Waals surface area contributed by atoms with E-state index in [0.29, 0.717) is 6.42 Å². The van der Waals surface area contributed by atoms with E-state index in [2.05, 4.69) is 4.74 Å². The third kappa shape index (κ3) is 4.56. The molecule has 1 unspecified atom stereocenters. The van der Waals surface area contributed by atoms with Crippen molar-refractivity contribution < 1.29 is 19.1 Å². The molecule has 0 bridgehead atoms. The highest BCUT2D eigenvalue weighted by Gasteiger charge is 2.20. The van der Waals surface area contributed by atoms with E-state index in [1.807, 2.05) is 6.92 Å². The molecule has 0 aromatic heterocycles. The molecule has 19 heavy (non-hydrogen) atoms. The van der Waals surface area contributed by atoms with Crippen molar-refractivity contribution in [2.24, 2.45) is 0 Å². The van der Waals surface area contributed by atoms with Gasteiger partial charge in [-0.2, -0.15) is 0 Å². The van der Waals surface area contributed by atoms with Crippen LogP contribution < -0.4 is 0 Å². The zero-order valence-corrected chi connectivity index (χ0v) is 11.8. The fraction of sp³-hybridized carbons (Fsp3) is 0.429. The number of methoxy groups -OCH3 is 1. The van der Waals surface area contributed by atoms with Gasteiger partial charge in [-0.05, 0) is 25.0 Å². The molecule has 4 nitrogen and oxygen atoms in total. The fourth-order valence-electron chi connectivity index (χ4n) is 1.55. The number of rotatable bonds is 6. The molecule has 0 radical (unpaired) electrons. The van der Waals surface area contributed by atoms with Crippen molar-refractivity contribution in [2.45, 2.75) is 31.7 Å². The Kier molecular flexibility index (Phi) is 6.36. The highest BCUT2D eigenvalue weighted by Crippen LogP contribution is 2.16. The molecule has 0 fully saturated rings. The van der Waals surface area contributed by atoms with Gasteiger partial charge in [-0.25, -0.2) is 9.59 Å². The minimum atomic E-state index is -0.682. The molecule has 0 aliphatic heterocycles. The van der Waals surface area contributed by atoms with Crippen molar-refractivity contribution in [3.05, 3.63) is 35.4 Å². The SMILES string of the molecule is CCCCC(Cl)OC(=O)c1ccccc1C(=O)OC. The Balaban J connectivity index is 2.79. The van der Waals surface area contributed by atoms with Crippen LogP contribution in [0.1, 0.15) is 46.9 Å². The van der Waals surface area contributed by atoms with Gasteiger partial charge in [0.15, 0.2) is 5.56 Å². The maximum Gasteiger partial charge on any atom is 0.340 e. The third-order valence-corrected chi connectivity index (χ3v) is 2.88. The monoisotopic (exact) mass is 284 g/mol. The Morgan fingerprint density at radius 2 is 1.79 bits per heavy atom. The first-order chi connectivity index (χ1) is 9.10. The van der Waals surface area contributed by atoms with Crippen LogP contribution in [0, 0.1) is 0 Å². The molecule has 0 N–H and O–H groups in total. The summed E-state index contributed by atoms with van der Waals surface area (Å²) < 4.78 is 9.71. The van der Waals surface area contributed by atoms with Crippen molar-refractivity contribution >= 4 is 23.5 Å². The number of hydrogen-bond acceptors (Lipinski definition) is 4. The minimum Gasteiger partial charge on any atom is -0.465 e. The minimum absolute atomic E-state index is 0.163. The number of hydrogen-bond donors (Lipinski definition) is 0. The molecule has 1 atom stereocenters. The van der Waals surface area contributed by atoms with Gasteiger partial charge < -0.3 is 9.47 Å². The molecule has 1 aromatic rings. The van der Waals surface area contributed by atoms with E-state index in [4.69, 9.17) is 16.3 Å². The molecule has 1 aromatic carbocycles. The summed E-state index contributed by atoms with van der Waals surface area (Å²) in [7, 11) is 1.26. The number of halogens is 1. The van der Waals surface area contributed by atoms with Crippen LogP contribution in [-0.2, 0) is 9.47 Å². The summed E-state index contributed by atoms with van der Waals surface area (Å²) in [4.78, 5) is 23.5. The van der Waals surface area contributed by atoms with E-state index < -0.39 is 17.5 Å². The number of alkyl halides is 1. The number of carbonyl (C=O) groups excluding carboxylic acids is 2. The van der Waals surface area contributed by atoms with Crippen LogP contribution in [0.5, 0.6) is 0 Å². The lowest BCUT2D eigenvalue weighted by Crippen LogP contribution is -2.16. The molecular formula is C14H17ClO4. The molecule has 1 rings (SSSR count). The van der Waals surface area contributed by atoms with Gasteiger partial charge in [0.1, 0.15) is 0 Å². The maximum absolute atomic E-state index is 11.9. The number of unbranched alkanes of at least 4 members (excludes halogenated alkanes) is 1. The lowest BCUT2D eigenvalue weighted by molar-refractivity contribution is 0.0421. The summed E-state index contributed by atoms with van der Waals surface area (Å²) in [5.74, 6) is -1.19. The quantitative estimate of drug-likeness (QED) is 0.593. The lowest BCUT2D eigenvalue weighted by atomic mass is 10.1. The molecule has 0 heterocycles. The normalized spacial score (nSPS) is 11.7. The predicted molar refractivity (Wildman–Crippen MR) is 72.4 cm³/mol. The van der Waals surface area contributed by atoms with Gasteiger partial charge in [0.2, 0.25) is 0 Å². The topological polar surface area (TPSA) is 52.6 Å². The van der Waals surface area contributed by atoms with E-state index >= 15 is 0 Å². The molecular weight excluding hydrogens is 268 g/mol. The van der Waals surface area contributed by atoms with Crippen LogP contribution in [0.15, 0.2) is 24.3 Å². The van der Waals surface area contributed by atoms with Crippen molar-refractivity contribution in [1.82, 2.24) is 0 Å². The van der Waals surface area contributed by atoms with Crippen LogP contribution >= 0.6 is 11.6 Å². The van der Waals surface area contributed by atoms with Gasteiger partial charge in [-0.3, -0.25) is 0 Å². The number of ether oxygens (including phenoxy) is 2. The summed E-state index contributed by atoms with van der Waals surface area (Å²) in [5, 5.41) is 0. The predicted octanol–water partition coefficient (Wildman–Crippen LogP) is 3.39. The van der Waals surface area contributed by atoms with Crippen molar-refractivity contribution in [3.8, 4) is 0 Å². The van der Waals surface area contributed by atoms with E-state index in [1.165, 1.54) is 19.2 Å². The van der Waals surface area contributed by atoms with Gasteiger partial charge in [0, 0.05) is 0 Å². The van der Waals surface area contributed by atoms with Crippen molar-refractivity contribution in [1.29, 1.82) is 0 Å². The summed E-state index contributed by atoms with van der Waals surface area (Å²) in [5.41, 5.74) is -0.344. The highest BCUT2D eigenvalue weighted by atomic mass is 35.5. The number of carbonyl (C=O) groups is 2. The summed E-state index contributed by atoms with van der Waals surface area (Å²) in [6.45, 7) is 2.03. The number of esters is 2. The van der Waals surface area contributed by atoms with E-state index in [-0.39, 0.29) is 11.1 Å². The van der Waals surface area contributed by atoms with Crippen LogP contribution in [0.4, 0.5) is 0 Å². The van der Waals surface area contributed by atoms with Gasteiger partial charge in [-0.1, -0.05) is 37.1 Å². The van der Waals surface area contributed by atoms with E-state index in [9.17, 15) is 9.59 Å². The van der Waals surface area contributed by atoms with Crippen molar-refractivity contribution in [2.75, 3.05) is 7.11 Å². The van der Waals surface area contributed by atoms with Crippen LogP contribution in [0.25, 0.3) is 0 Å². The fourth-order valence-corrected chi connectivity index (χ4v) is 1.79. The lowest BCUT2D eigenvalue weighted by Gasteiger charge is -2.12. The Labute approximate surface area is 117 Å². The standard InChI is InChI=1S/C14H17ClO4/c1-3-4-9-12(15)19-14(17)11-8-6-5-7-10(11)13(16)18-2/h5-8,12H,3-4,9H2,1-2H3. The molecule has 104 valence electrons. The third-order valence-electron chi connectivity index (χ3n) is 2.57. The van der Waals surface area contributed by atoms with Gasteiger partial charge in [-0.15, -0.1) is 0 Å². The Morgan fingerprint density at radius 1 is 1.21 bits per heavy atom. The highest BCUT2D eigenvalue weighted by molar-refractivity contribution is 6.20. The molecule has 0 saturated heterocycles. The second-order valence-electron chi connectivity index (χ2n) is 3.99. The first kappa shape index (κ1) is 15.5. The molecule has 0 amide bonds. The van der Waals surface area contributed by atoms with Crippen molar-refractivity contribution in [3.63, 3.8) is 0 Å². The zero-order valence-electron chi connectivity index (χ0n) is 11.0. The molecule has 0 aliphatic rings. The van der Waals surface area contributed by atoms with Crippen LogP contribution in [0.3, 0.4) is 0 Å².